The molecule has 5 heteroatoms. The summed E-state index contributed by atoms with van der Waals surface area (Å²) >= 11 is 0. The average molecular weight is 720 g/mol. The second-order valence-electron chi connectivity index (χ2n) is 15.6. The predicted molar refractivity (Wildman–Crippen MR) is 222 cm³/mol. The van der Waals surface area contributed by atoms with Crippen LogP contribution in [0.4, 0.5) is 0 Å². The summed E-state index contributed by atoms with van der Waals surface area (Å²) in [6.07, 6.45) is 50.3. The lowest BCUT2D eigenvalue weighted by molar-refractivity contribution is -0.124. The predicted octanol–water partition coefficient (Wildman–Crippen LogP) is 13.0. The fourth-order valence-corrected chi connectivity index (χ4v) is 6.98. The van der Waals surface area contributed by atoms with Gasteiger partial charge in [0.2, 0.25) is 5.91 Å². The maximum Gasteiger partial charge on any atom is 0.220 e. The van der Waals surface area contributed by atoms with Crippen molar-refractivity contribution in [3.8, 4) is 0 Å². The van der Waals surface area contributed by atoms with E-state index in [2.05, 4.69) is 43.5 Å². The summed E-state index contributed by atoms with van der Waals surface area (Å²) in [5.41, 5.74) is 0. The fourth-order valence-electron chi connectivity index (χ4n) is 6.98. The summed E-state index contributed by atoms with van der Waals surface area (Å²) in [6.45, 7) is 4.13. The number of carbonyl (C=O) groups is 1. The van der Waals surface area contributed by atoms with Gasteiger partial charge in [-0.15, -0.1) is 0 Å². The van der Waals surface area contributed by atoms with E-state index in [9.17, 15) is 20.1 Å². The van der Waals surface area contributed by atoms with E-state index >= 15 is 0 Å². The molecule has 0 heterocycles. The molecule has 0 saturated heterocycles. The smallest absolute Gasteiger partial charge is 0.220 e. The molecule has 3 unspecified atom stereocenters. The maximum absolute atomic E-state index is 12.4. The number of hydrogen-bond donors (Lipinski definition) is 4. The lowest BCUT2D eigenvalue weighted by atomic mass is 10.0. The number of amides is 1. The molecule has 3 atom stereocenters. The Morgan fingerprint density at radius 2 is 0.784 bits per heavy atom. The van der Waals surface area contributed by atoms with Crippen molar-refractivity contribution in [2.45, 2.75) is 257 Å². The van der Waals surface area contributed by atoms with Crippen molar-refractivity contribution < 1.29 is 20.1 Å². The van der Waals surface area contributed by atoms with Gasteiger partial charge in [0.25, 0.3) is 0 Å². The average Bonchev–Trinajstić information content (AvgIpc) is 3.13. The van der Waals surface area contributed by atoms with Crippen LogP contribution in [-0.4, -0.2) is 46.1 Å². The first-order valence-electron chi connectivity index (χ1n) is 22.6. The van der Waals surface area contributed by atoms with E-state index in [1.165, 1.54) is 173 Å². The Balaban J connectivity index is 3.51. The summed E-state index contributed by atoms with van der Waals surface area (Å²) in [4.78, 5) is 12.4. The Morgan fingerprint density at radius 1 is 0.471 bits per heavy atom. The Hall–Kier alpha value is -1.17. The Labute approximate surface area is 318 Å². The number of nitrogens with one attached hydrogen (secondary N) is 1. The van der Waals surface area contributed by atoms with Gasteiger partial charge in [0, 0.05) is 6.42 Å². The molecule has 302 valence electrons. The number of aliphatic hydroxyl groups excluding tert-OH is 3. The van der Waals surface area contributed by atoms with E-state index in [4.69, 9.17) is 0 Å². The van der Waals surface area contributed by atoms with E-state index in [0.717, 1.165) is 38.5 Å². The number of hydrogen-bond acceptors (Lipinski definition) is 4. The molecule has 1 amide bonds. The second-order valence-corrected chi connectivity index (χ2v) is 15.6. The Bertz CT molecular complexity index is 754. The summed E-state index contributed by atoms with van der Waals surface area (Å²) < 4.78 is 0. The van der Waals surface area contributed by atoms with Crippen LogP contribution in [0.2, 0.25) is 0 Å². The third-order valence-electron chi connectivity index (χ3n) is 10.5. The standard InChI is InChI=1S/C46H89NO4/c1-3-5-7-9-11-13-14-15-16-17-18-19-20-21-22-23-24-25-26-27-28-29-30-31-33-35-37-39-41-45(50)47-43(42-48)46(51)44(49)40-38-36-34-32-12-10-8-6-4-2/h21-22,32,34,43-44,46,48-49,51H,3-20,23-31,33,35-42H2,1-2H3,(H,47,50)/b22-21-,34-32+. The van der Waals surface area contributed by atoms with Crippen molar-refractivity contribution in [3.63, 3.8) is 0 Å². The molecule has 0 aliphatic carbocycles. The molecule has 0 saturated carbocycles. The fraction of sp³-hybridized carbons (Fsp3) is 0.891. The number of allylic oxidation sites excluding steroid dienone is 4. The molecule has 4 N–H and O–H groups in total. The highest BCUT2D eigenvalue weighted by molar-refractivity contribution is 5.76. The van der Waals surface area contributed by atoms with E-state index < -0.39 is 18.2 Å². The summed E-state index contributed by atoms with van der Waals surface area (Å²) in [7, 11) is 0. The van der Waals surface area contributed by atoms with Gasteiger partial charge in [0.05, 0.1) is 18.8 Å². The zero-order valence-electron chi connectivity index (χ0n) is 34.2. The molecule has 0 aromatic heterocycles. The van der Waals surface area contributed by atoms with Gasteiger partial charge in [-0.25, -0.2) is 0 Å². The van der Waals surface area contributed by atoms with Crippen LogP contribution in [0.3, 0.4) is 0 Å². The van der Waals surface area contributed by atoms with Gasteiger partial charge in [0.15, 0.2) is 0 Å². The molecule has 0 rings (SSSR count). The van der Waals surface area contributed by atoms with Crippen molar-refractivity contribution in [1.82, 2.24) is 5.32 Å². The van der Waals surface area contributed by atoms with Crippen LogP contribution in [-0.2, 0) is 4.79 Å². The zero-order chi connectivity index (χ0) is 37.3. The number of unbranched alkanes of at least 4 members (excludes halogenated alkanes) is 29. The van der Waals surface area contributed by atoms with Crippen LogP contribution >= 0.6 is 0 Å². The van der Waals surface area contributed by atoms with Crippen molar-refractivity contribution in [1.29, 1.82) is 0 Å². The van der Waals surface area contributed by atoms with Crippen LogP contribution < -0.4 is 5.32 Å². The topological polar surface area (TPSA) is 89.8 Å². The third kappa shape index (κ3) is 37.0. The second kappa shape index (κ2) is 41.6. The highest BCUT2D eigenvalue weighted by atomic mass is 16.3. The third-order valence-corrected chi connectivity index (χ3v) is 10.5. The molecule has 0 radical (unpaired) electrons. The summed E-state index contributed by atoms with van der Waals surface area (Å²) in [5, 5.41) is 33.3. The summed E-state index contributed by atoms with van der Waals surface area (Å²) in [5.74, 6) is -0.155. The van der Waals surface area contributed by atoms with Gasteiger partial charge in [-0.3, -0.25) is 4.79 Å². The first kappa shape index (κ1) is 49.8. The highest BCUT2D eigenvalue weighted by Crippen LogP contribution is 2.16. The molecule has 0 aliphatic heterocycles. The normalized spacial score (nSPS) is 13.7. The van der Waals surface area contributed by atoms with Crippen molar-refractivity contribution in [3.05, 3.63) is 24.3 Å². The lowest BCUT2D eigenvalue weighted by Gasteiger charge is -2.26. The monoisotopic (exact) mass is 720 g/mol. The molecule has 0 aromatic carbocycles. The molecule has 51 heavy (non-hydrogen) atoms. The molecule has 0 fully saturated rings. The maximum atomic E-state index is 12.4. The number of carbonyl (C=O) groups excluding carboxylic acids is 1. The van der Waals surface area contributed by atoms with Gasteiger partial charge in [-0.05, 0) is 64.2 Å². The molecular formula is C46H89NO4. The number of aliphatic hydroxyl groups is 3. The quantitative estimate of drug-likeness (QED) is 0.0374. The van der Waals surface area contributed by atoms with Crippen molar-refractivity contribution >= 4 is 5.91 Å². The minimum absolute atomic E-state index is 0.155. The van der Waals surface area contributed by atoms with E-state index in [1.54, 1.807) is 0 Å². The zero-order valence-corrected chi connectivity index (χ0v) is 34.2. The van der Waals surface area contributed by atoms with E-state index in [0.29, 0.717) is 12.8 Å². The van der Waals surface area contributed by atoms with Crippen molar-refractivity contribution in [2.24, 2.45) is 0 Å². The largest absolute Gasteiger partial charge is 0.394 e. The minimum atomic E-state index is -1.15. The summed E-state index contributed by atoms with van der Waals surface area (Å²) in [6, 6.07) is -0.822. The first-order chi connectivity index (χ1) is 25.1. The molecule has 0 aromatic rings. The Morgan fingerprint density at radius 3 is 1.16 bits per heavy atom. The van der Waals surface area contributed by atoms with Gasteiger partial charge >= 0.3 is 0 Å². The molecule has 0 spiro atoms. The molecular weight excluding hydrogens is 631 g/mol. The van der Waals surface area contributed by atoms with Gasteiger partial charge < -0.3 is 20.6 Å². The van der Waals surface area contributed by atoms with E-state index in [1.807, 2.05) is 0 Å². The van der Waals surface area contributed by atoms with Crippen LogP contribution in [0.25, 0.3) is 0 Å². The van der Waals surface area contributed by atoms with Crippen LogP contribution in [0.5, 0.6) is 0 Å². The molecule has 0 bridgehead atoms. The molecule has 5 nitrogen and oxygen atoms in total. The van der Waals surface area contributed by atoms with Gasteiger partial charge in [-0.1, -0.05) is 192 Å². The first-order valence-corrected chi connectivity index (χ1v) is 22.6. The van der Waals surface area contributed by atoms with Crippen molar-refractivity contribution in [2.75, 3.05) is 6.61 Å². The van der Waals surface area contributed by atoms with Gasteiger partial charge in [-0.2, -0.15) is 0 Å². The van der Waals surface area contributed by atoms with Crippen LogP contribution in [0.15, 0.2) is 24.3 Å². The van der Waals surface area contributed by atoms with E-state index in [-0.39, 0.29) is 12.5 Å². The number of rotatable bonds is 41. The van der Waals surface area contributed by atoms with Crippen LogP contribution in [0.1, 0.15) is 239 Å². The SMILES string of the molecule is CCCCCC/C=C/CCCC(O)C(O)C(CO)NC(=O)CCCCCCCCCCCCCC/C=C\CCCCCCCCCCCCCC. The van der Waals surface area contributed by atoms with Crippen LogP contribution in [0, 0.1) is 0 Å². The lowest BCUT2D eigenvalue weighted by Crippen LogP contribution is -2.50. The molecule has 0 aliphatic rings. The van der Waals surface area contributed by atoms with Gasteiger partial charge in [0.1, 0.15) is 6.10 Å². The highest BCUT2D eigenvalue weighted by Gasteiger charge is 2.26. The minimum Gasteiger partial charge on any atom is -0.394 e. The Kier molecular flexibility index (Phi) is 40.6.